The number of nitrogens with zero attached hydrogens (tertiary/aromatic N) is 1. The van der Waals surface area contributed by atoms with Crippen molar-refractivity contribution in [3.05, 3.63) is 83.4 Å². The monoisotopic (exact) mass is 436 g/mol. The number of rotatable bonds is 6. The summed E-state index contributed by atoms with van der Waals surface area (Å²) in [5.74, 6) is 0.354. The van der Waals surface area contributed by atoms with Crippen LogP contribution < -0.4 is 14.4 Å². The normalized spacial score (nSPS) is 13.0. The zero-order chi connectivity index (χ0) is 22.0. The van der Waals surface area contributed by atoms with Crippen molar-refractivity contribution in [2.24, 2.45) is 0 Å². The van der Waals surface area contributed by atoms with Crippen LogP contribution in [0.4, 0.5) is 11.4 Å². The largest absolute Gasteiger partial charge is 0.483 e. The molecule has 1 N–H and O–H groups in total. The van der Waals surface area contributed by atoms with Gasteiger partial charge in [-0.15, -0.1) is 0 Å². The Bertz CT molecular complexity index is 1220. The molecule has 6 nitrogen and oxygen atoms in total. The molecule has 0 saturated carbocycles. The van der Waals surface area contributed by atoms with Crippen LogP contribution in [-0.2, 0) is 21.2 Å². The van der Waals surface area contributed by atoms with E-state index < -0.39 is 10.0 Å². The standard InChI is InChI=1S/C24H24N2O4S/c1-17-7-8-18(2)23(15-17)30-16-24(27)25-20-9-11-21(12-10-20)31(28,29)26-14-13-19-5-3-4-6-22(19)26/h3-12,15H,13-14,16H2,1-2H3,(H,25,27). The molecular weight excluding hydrogens is 412 g/mol. The van der Waals surface area contributed by atoms with Gasteiger partial charge in [0.05, 0.1) is 10.6 Å². The Morgan fingerprint density at radius 2 is 1.77 bits per heavy atom. The van der Waals surface area contributed by atoms with Crippen LogP contribution in [0.5, 0.6) is 5.75 Å². The first-order chi connectivity index (χ1) is 14.8. The SMILES string of the molecule is Cc1ccc(C)c(OCC(=O)Nc2ccc(S(=O)(=O)N3CCc4ccccc43)cc2)c1. The number of benzene rings is 3. The van der Waals surface area contributed by atoms with Gasteiger partial charge in [-0.2, -0.15) is 0 Å². The minimum atomic E-state index is -3.66. The van der Waals surface area contributed by atoms with Crippen LogP contribution in [0.1, 0.15) is 16.7 Å². The van der Waals surface area contributed by atoms with E-state index in [9.17, 15) is 13.2 Å². The van der Waals surface area contributed by atoms with Gasteiger partial charge in [-0.25, -0.2) is 8.42 Å². The van der Waals surface area contributed by atoms with Gasteiger partial charge in [-0.3, -0.25) is 9.10 Å². The van der Waals surface area contributed by atoms with E-state index in [1.54, 1.807) is 12.1 Å². The Morgan fingerprint density at radius 1 is 1.03 bits per heavy atom. The molecule has 1 amide bonds. The molecule has 0 fully saturated rings. The summed E-state index contributed by atoms with van der Waals surface area (Å²) in [5.41, 5.74) is 4.27. The number of sulfonamides is 1. The summed E-state index contributed by atoms with van der Waals surface area (Å²) in [7, 11) is -3.66. The number of ether oxygens (including phenoxy) is 1. The van der Waals surface area contributed by atoms with Crippen molar-refractivity contribution in [3.63, 3.8) is 0 Å². The van der Waals surface area contributed by atoms with Crippen molar-refractivity contribution in [2.75, 3.05) is 22.8 Å². The molecule has 4 rings (SSSR count). The fourth-order valence-corrected chi connectivity index (χ4v) is 5.10. The number of hydrogen-bond acceptors (Lipinski definition) is 4. The number of fused-ring (bicyclic) bond motifs is 1. The molecule has 3 aromatic rings. The number of para-hydroxylation sites is 1. The molecule has 3 aromatic carbocycles. The Morgan fingerprint density at radius 3 is 2.55 bits per heavy atom. The summed E-state index contributed by atoms with van der Waals surface area (Å²) in [6, 6.07) is 19.5. The molecular formula is C24H24N2O4S. The highest BCUT2D eigenvalue weighted by atomic mass is 32.2. The summed E-state index contributed by atoms with van der Waals surface area (Å²) in [6.45, 7) is 4.18. The molecule has 0 unspecified atom stereocenters. The first-order valence-electron chi connectivity index (χ1n) is 10.1. The lowest BCUT2D eigenvalue weighted by atomic mass is 10.1. The van der Waals surface area contributed by atoms with Crippen LogP contribution in [0.2, 0.25) is 0 Å². The Kier molecular flexibility index (Phi) is 5.69. The lowest BCUT2D eigenvalue weighted by molar-refractivity contribution is -0.118. The predicted molar refractivity (Wildman–Crippen MR) is 121 cm³/mol. The van der Waals surface area contributed by atoms with E-state index in [4.69, 9.17) is 4.74 Å². The van der Waals surface area contributed by atoms with Gasteiger partial charge in [0.1, 0.15) is 5.75 Å². The molecule has 0 spiro atoms. The van der Waals surface area contributed by atoms with Gasteiger partial charge in [0.25, 0.3) is 15.9 Å². The highest BCUT2D eigenvalue weighted by Gasteiger charge is 2.30. The fraction of sp³-hybridized carbons (Fsp3) is 0.208. The second kappa shape index (κ2) is 8.43. The summed E-state index contributed by atoms with van der Waals surface area (Å²) in [4.78, 5) is 12.4. The van der Waals surface area contributed by atoms with Crippen LogP contribution in [0.15, 0.2) is 71.6 Å². The van der Waals surface area contributed by atoms with Gasteiger partial charge < -0.3 is 10.1 Å². The maximum absolute atomic E-state index is 13.1. The lowest BCUT2D eigenvalue weighted by Gasteiger charge is -2.19. The van der Waals surface area contributed by atoms with Gasteiger partial charge in [0.15, 0.2) is 6.61 Å². The van der Waals surface area contributed by atoms with Crippen molar-refractivity contribution < 1.29 is 17.9 Å². The van der Waals surface area contributed by atoms with Gasteiger partial charge in [-0.1, -0.05) is 30.3 Å². The zero-order valence-corrected chi connectivity index (χ0v) is 18.3. The van der Waals surface area contributed by atoms with Gasteiger partial charge in [-0.05, 0) is 73.4 Å². The third-order valence-electron chi connectivity index (χ3n) is 5.27. The van der Waals surface area contributed by atoms with Crippen molar-refractivity contribution >= 4 is 27.3 Å². The van der Waals surface area contributed by atoms with E-state index in [1.807, 2.05) is 56.3 Å². The topological polar surface area (TPSA) is 75.7 Å². The summed E-state index contributed by atoms with van der Waals surface area (Å²) < 4.78 is 33.2. The molecule has 1 heterocycles. The van der Waals surface area contributed by atoms with Crippen molar-refractivity contribution in [2.45, 2.75) is 25.2 Å². The second-order valence-electron chi connectivity index (χ2n) is 7.59. The molecule has 31 heavy (non-hydrogen) atoms. The summed E-state index contributed by atoms with van der Waals surface area (Å²) in [5, 5.41) is 2.74. The fourth-order valence-electron chi connectivity index (χ4n) is 3.60. The third kappa shape index (κ3) is 4.41. The molecule has 160 valence electrons. The van der Waals surface area contributed by atoms with Gasteiger partial charge in [0.2, 0.25) is 0 Å². The summed E-state index contributed by atoms with van der Waals surface area (Å²) >= 11 is 0. The van der Waals surface area contributed by atoms with E-state index in [0.29, 0.717) is 24.4 Å². The van der Waals surface area contributed by atoms with E-state index in [0.717, 1.165) is 22.4 Å². The first kappa shape index (κ1) is 20.9. The zero-order valence-electron chi connectivity index (χ0n) is 17.5. The Balaban J connectivity index is 1.41. The van der Waals surface area contributed by atoms with E-state index in [2.05, 4.69) is 5.32 Å². The molecule has 0 atom stereocenters. The van der Waals surface area contributed by atoms with E-state index >= 15 is 0 Å². The minimum Gasteiger partial charge on any atom is -0.483 e. The number of amides is 1. The second-order valence-corrected chi connectivity index (χ2v) is 9.45. The molecule has 0 aliphatic carbocycles. The number of aryl methyl sites for hydroxylation is 2. The van der Waals surface area contributed by atoms with E-state index in [-0.39, 0.29) is 17.4 Å². The number of hydrogen-bond donors (Lipinski definition) is 1. The number of carbonyl (C=O) groups is 1. The average Bonchev–Trinajstić information content (AvgIpc) is 3.20. The number of nitrogens with one attached hydrogen (secondary N) is 1. The average molecular weight is 437 g/mol. The van der Waals surface area contributed by atoms with E-state index in [1.165, 1.54) is 16.4 Å². The van der Waals surface area contributed by atoms with Crippen LogP contribution >= 0.6 is 0 Å². The first-order valence-corrected chi connectivity index (χ1v) is 11.5. The van der Waals surface area contributed by atoms with Gasteiger partial charge in [0, 0.05) is 12.2 Å². The maximum Gasteiger partial charge on any atom is 0.264 e. The molecule has 0 bridgehead atoms. The molecule has 0 aromatic heterocycles. The van der Waals surface area contributed by atoms with Crippen LogP contribution in [0.3, 0.4) is 0 Å². The molecule has 0 radical (unpaired) electrons. The smallest absolute Gasteiger partial charge is 0.264 e. The van der Waals surface area contributed by atoms with Gasteiger partial charge >= 0.3 is 0 Å². The van der Waals surface area contributed by atoms with Crippen molar-refractivity contribution in [3.8, 4) is 5.75 Å². The van der Waals surface area contributed by atoms with Crippen molar-refractivity contribution in [1.82, 2.24) is 0 Å². The Hall–Kier alpha value is -3.32. The molecule has 0 saturated heterocycles. The maximum atomic E-state index is 13.1. The minimum absolute atomic E-state index is 0.130. The quantitative estimate of drug-likeness (QED) is 0.632. The molecule has 1 aliphatic rings. The molecule has 1 aliphatic heterocycles. The number of carbonyl (C=O) groups excluding carboxylic acids is 1. The molecule has 7 heteroatoms. The summed E-state index contributed by atoms with van der Waals surface area (Å²) in [6.07, 6.45) is 0.698. The van der Waals surface area contributed by atoms with Crippen LogP contribution in [0, 0.1) is 13.8 Å². The Labute approximate surface area is 182 Å². The highest BCUT2D eigenvalue weighted by molar-refractivity contribution is 7.92. The number of anilines is 2. The third-order valence-corrected chi connectivity index (χ3v) is 7.10. The van der Waals surface area contributed by atoms with Crippen LogP contribution in [0.25, 0.3) is 0 Å². The highest BCUT2D eigenvalue weighted by Crippen LogP contribution is 2.32. The predicted octanol–water partition coefficient (Wildman–Crippen LogP) is 4.07. The lowest BCUT2D eigenvalue weighted by Crippen LogP contribution is -2.29. The van der Waals surface area contributed by atoms with Crippen molar-refractivity contribution in [1.29, 1.82) is 0 Å². The van der Waals surface area contributed by atoms with Crippen LogP contribution in [-0.4, -0.2) is 27.5 Å².